The van der Waals surface area contributed by atoms with E-state index in [1.165, 1.54) is 31.4 Å². The van der Waals surface area contributed by atoms with E-state index in [4.69, 9.17) is 0 Å². The van der Waals surface area contributed by atoms with Gasteiger partial charge in [-0.15, -0.1) is 0 Å². The molecule has 6 nitrogen and oxygen atoms in total. The van der Waals surface area contributed by atoms with Gasteiger partial charge in [0.2, 0.25) is 0 Å². The fourth-order valence-corrected chi connectivity index (χ4v) is 3.20. The van der Waals surface area contributed by atoms with Crippen LogP contribution in [0.1, 0.15) is 10.4 Å². The topological polar surface area (TPSA) is 75.7 Å². The van der Waals surface area contributed by atoms with Crippen molar-refractivity contribution in [2.24, 2.45) is 0 Å². The molecule has 1 N–H and O–H groups in total. The Kier molecular flexibility index (Phi) is 4.71. The number of ether oxygens (including phenoxy) is 1. The van der Waals surface area contributed by atoms with Gasteiger partial charge in [0.05, 0.1) is 18.4 Å². The summed E-state index contributed by atoms with van der Waals surface area (Å²) in [6.45, 7) is 0. The largest absolute Gasteiger partial charge is 0.465 e. The molecule has 1 aliphatic heterocycles. The number of esters is 1. The van der Waals surface area contributed by atoms with Gasteiger partial charge in [-0.3, -0.25) is 9.59 Å². The summed E-state index contributed by atoms with van der Waals surface area (Å²) in [4.78, 5) is 37.0. The van der Waals surface area contributed by atoms with Crippen molar-refractivity contribution in [3.63, 3.8) is 0 Å². The third-order valence-electron chi connectivity index (χ3n) is 3.53. The number of hydrogen-bond donors (Lipinski definition) is 1. The number of carbonyl (C=O) groups excluding carboxylic acids is 3. The zero-order valence-electron chi connectivity index (χ0n) is 13.1. The van der Waals surface area contributed by atoms with Crippen LogP contribution in [0.4, 0.5) is 20.6 Å². The highest BCUT2D eigenvalue weighted by Gasteiger charge is 2.40. The van der Waals surface area contributed by atoms with E-state index in [9.17, 15) is 18.8 Å². The molecule has 0 spiro atoms. The van der Waals surface area contributed by atoms with Crippen LogP contribution in [0, 0.1) is 5.82 Å². The van der Waals surface area contributed by atoms with E-state index in [1.54, 1.807) is 24.3 Å². The number of imide groups is 1. The highest BCUT2D eigenvalue weighted by molar-refractivity contribution is 8.16. The monoisotopic (exact) mass is 360 g/mol. The molecule has 2 aromatic carbocycles. The lowest BCUT2D eigenvalue weighted by Crippen LogP contribution is -2.34. The molecule has 2 aromatic rings. The van der Waals surface area contributed by atoms with Crippen molar-refractivity contribution in [1.29, 1.82) is 0 Å². The van der Waals surface area contributed by atoms with Gasteiger partial charge >= 0.3 is 5.97 Å². The van der Waals surface area contributed by atoms with Crippen LogP contribution in [-0.2, 0) is 9.53 Å². The maximum absolute atomic E-state index is 13.0. The minimum absolute atomic E-state index is 0.314. The second-order valence-electron chi connectivity index (χ2n) is 5.13. The predicted octanol–water partition coefficient (Wildman–Crippen LogP) is 3.25. The summed E-state index contributed by atoms with van der Waals surface area (Å²) in [5.41, 5.74) is 1.27. The number of amides is 2. The first kappa shape index (κ1) is 17.0. The second-order valence-corrected chi connectivity index (χ2v) is 6.18. The molecule has 8 heteroatoms. The molecular formula is C17H13FN2O4S. The third kappa shape index (κ3) is 3.48. The van der Waals surface area contributed by atoms with Gasteiger partial charge in [-0.25, -0.2) is 14.1 Å². The lowest BCUT2D eigenvalue weighted by atomic mass is 10.2. The normalized spacial score (nSPS) is 16.9. The first-order chi connectivity index (χ1) is 12.0. The molecule has 1 saturated heterocycles. The number of benzene rings is 2. The first-order valence-corrected chi connectivity index (χ1v) is 8.12. The van der Waals surface area contributed by atoms with E-state index >= 15 is 0 Å². The molecule has 128 valence electrons. The van der Waals surface area contributed by atoms with Crippen LogP contribution in [0.2, 0.25) is 0 Å². The molecule has 25 heavy (non-hydrogen) atoms. The average molecular weight is 360 g/mol. The molecule has 0 radical (unpaired) electrons. The van der Waals surface area contributed by atoms with Crippen molar-refractivity contribution in [3.8, 4) is 0 Å². The number of anilines is 2. The van der Waals surface area contributed by atoms with Crippen LogP contribution in [0.5, 0.6) is 0 Å². The summed E-state index contributed by atoms with van der Waals surface area (Å²) in [5.74, 6) is -1.36. The summed E-state index contributed by atoms with van der Waals surface area (Å²) in [6, 6.07) is 11.5. The first-order valence-electron chi connectivity index (χ1n) is 7.24. The van der Waals surface area contributed by atoms with E-state index in [2.05, 4.69) is 10.1 Å². The number of methoxy groups -OCH3 is 1. The zero-order chi connectivity index (χ0) is 18.0. The lowest BCUT2D eigenvalue weighted by Gasteiger charge is -2.15. The third-order valence-corrected chi connectivity index (χ3v) is 4.47. The van der Waals surface area contributed by atoms with Crippen LogP contribution >= 0.6 is 11.8 Å². The van der Waals surface area contributed by atoms with E-state index in [1.807, 2.05) is 0 Å². The molecular weight excluding hydrogens is 347 g/mol. The van der Waals surface area contributed by atoms with Crippen LogP contribution in [0.25, 0.3) is 0 Å². The molecule has 1 fully saturated rings. The van der Waals surface area contributed by atoms with Crippen LogP contribution in [0.3, 0.4) is 0 Å². The van der Waals surface area contributed by atoms with Gasteiger partial charge in [0.1, 0.15) is 5.82 Å². The Morgan fingerprint density at radius 1 is 1.12 bits per heavy atom. The van der Waals surface area contributed by atoms with E-state index in [0.717, 1.165) is 16.7 Å². The molecule has 1 unspecified atom stereocenters. The maximum Gasteiger partial charge on any atom is 0.337 e. The number of rotatable bonds is 4. The highest BCUT2D eigenvalue weighted by Crippen LogP contribution is 2.32. The Hall–Kier alpha value is -2.87. The standard InChI is InChI=1S/C17H13FN2O4S/c1-24-16(22)10-2-6-12(7-3-10)19-14-15(21)20(17(23)25-14)13-8-4-11(18)5-9-13/h2-9,14,19H,1H3. The number of hydrogen-bond acceptors (Lipinski definition) is 6. The fourth-order valence-electron chi connectivity index (χ4n) is 2.30. The molecule has 0 aromatic heterocycles. The van der Waals surface area contributed by atoms with Crippen molar-refractivity contribution in [3.05, 3.63) is 59.9 Å². The van der Waals surface area contributed by atoms with Crippen molar-refractivity contribution >= 4 is 40.3 Å². The van der Waals surface area contributed by atoms with Gasteiger partial charge in [0.25, 0.3) is 11.1 Å². The van der Waals surface area contributed by atoms with Crippen LogP contribution in [-0.4, -0.2) is 29.6 Å². The van der Waals surface area contributed by atoms with Crippen molar-refractivity contribution in [1.82, 2.24) is 0 Å². The number of thioether (sulfide) groups is 1. The fraction of sp³-hybridized carbons (Fsp3) is 0.118. The van der Waals surface area contributed by atoms with Crippen molar-refractivity contribution in [2.75, 3.05) is 17.3 Å². The molecule has 1 aliphatic rings. The molecule has 0 aliphatic carbocycles. The summed E-state index contributed by atoms with van der Waals surface area (Å²) < 4.78 is 17.6. The highest BCUT2D eigenvalue weighted by atomic mass is 32.2. The van der Waals surface area contributed by atoms with Gasteiger partial charge in [-0.1, -0.05) is 0 Å². The van der Waals surface area contributed by atoms with E-state index in [0.29, 0.717) is 16.9 Å². The molecule has 2 amide bonds. The molecule has 3 rings (SSSR count). The number of halogens is 1. The molecule has 1 heterocycles. The minimum atomic E-state index is -0.804. The Morgan fingerprint density at radius 2 is 1.76 bits per heavy atom. The quantitative estimate of drug-likeness (QED) is 0.844. The van der Waals surface area contributed by atoms with Crippen molar-refractivity contribution < 1.29 is 23.5 Å². The summed E-state index contributed by atoms with van der Waals surface area (Å²) in [6.07, 6.45) is 0. The summed E-state index contributed by atoms with van der Waals surface area (Å²) in [5, 5.41) is 1.69. The van der Waals surface area contributed by atoms with Gasteiger partial charge in [-0.05, 0) is 60.3 Å². The van der Waals surface area contributed by atoms with E-state index in [-0.39, 0.29) is 0 Å². The molecule has 0 saturated carbocycles. The number of nitrogens with zero attached hydrogens (tertiary/aromatic N) is 1. The Bertz CT molecular complexity index is 824. The molecule has 1 atom stereocenters. The SMILES string of the molecule is COC(=O)c1ccc(NC2SC(=O)N(c3ccc(F)cc3)C2=O)cc1. The Balaban J connectivity index is 1.74. The predicted molar refractivity (Wildman–Crippen MR) is 92.1 cm³/mol. The van der Waals surface area contributed by atoms with Gasteiger partial charge in [0, 0.05) is 5.69 Å². The Labute approximate surface area is 147 Å². The van der Waals surface area contributed by atoms with Crippen molar-refractivity contribution in [2.45, 2.75) is 5.37 Å². The van der Waals surface area contributed by atoms with Gasteiger partial charge in [0.15, 0.2) is 5.37 Å². The molecule has 0 bridgehead atoms. The van der Waals surface area contributed by atoms with Gasteiger partial charge in [-0.2, -0.15) is 0 Å². The number of nitrogens with one attached hydrogen (secondary N) is 1. The van der Waals surface area contributed by atoms with Crippen LogP contribution in [0.15, 0.2) is 48.5 Å². The maximum atomic E-state index is 13.0. The smallest absolute Gasteiger partial charge is 0.337 e. The summed E-state index contributed by atoms with van der Waals surface area (Å²) in [7, 11) is 1.29. The van der Waals surface area contributed by atoms with E-state index < -0.39 is 28.3 Å². The average Bonchev–Trinajstić information content (AvgIpc) is 2.89. The van der Waals surface area contributed by atoms with Gasteiger partial charge < -0.3 is 10.1 Å². The lowest BCUT2D eigenvalue weighted by molar-refractivity contribution is -0.116. The Morgan fingerprint density at radius 3 is 2.36 bits per heavy atom. The summed E-state index contributed by atoms with van der Waals surface area (Å²) >= 11 is 0.832. The van der Waals surface area contributed by atoms with Crippen LogP contribution < -0.4 is 10.2 Å². The minimum Gasteiger partial charge on any atom is -0.465 e. The number of carbonyl (C=O) groups is 3. The zero-order valence-corrected chi connectivity index (χ0v) is 13.9. The second kappa shape index (κ2) is 6.94.